The topological polar surface area (TPSA) is 81.7 Å². The summed E-state index contributed by atoms with van der Waals surface area (Å²) in [4.78, 5) is 18.2. The molecule has 0 saturated heterocycles. The zero-order valence-corrected chi connectivity index (χ0v) is 17.5. The normalized spacial score (nSPS) is 13.0. The van der Waals surface area contributed by atoms with Gasteiger partial charge in [-0.05, 0) is 57.0 Å². The molecule has 0 radical (unpaired) electrons. The Kier molecular flexibility index (Phi) is 7.21. The van der Waals surface area contributed by atoms with Crippen LogP contribution in [0.25, 0.3) is 0 Å². The maximum absolute atomic E-state index is 12.9. The highest BCUT2D eigenvalue weighted by molar-refractivity contribution is 7.91. The maximum atomic E-state index is 12.9. The fourth-order valence-electron chi connectivity index (χ4n) is 2.56. The number of carbonyl (C=O) groups is 1. The van der Waals surface area contributed by atoms with Gasteiger partial charge in [0.25, 0.3) is 0 Å². The molecule has 0 spiro atoms. The summed E-state index contributed by atoms with van der Waals surface area (Å²) in [7, 11) is -2.16. The molecule has 0 aromatic heterocycles. The molecule has 0 saturated carbocycles. The van der Waals surface area contributed by atoms with Gasteiger partial charge in [-0.1, -0.05) is 30.3 Å². The van der Waals surface area contributed by atoms with Crippen molar-refractivity contribution >= 4 is 15.7 Å². The monoisotopic (exact) mass is 405 g/mol. The molecule has 0 fully saturated rings. The minimum atomic E-state index is -3.68. The Morgan fingerprint density at radius 2 is 1.64 bits per heavy atom. The summed E-state index contributed by atoms with van der Waals surface area (Å²) in [6.07, 6.45) is 0.287. The minimum Gasteiger partial charge on any atom is -0.497 e. The standard InChI is InChI=1S/C21H27NO5S/c1-21(2,3)27-22-20(23)17(14-16-8-6-5-7-9-16)15-28(24,25)19-12-10-18(26-4)11-13-19/h5-13,17H,14-15H2,1-4H3,(H,22,23). The van der Waals surface area contributed by atoms with Crippen molar-refractivity contribution in [1.29, 1.82) is 0 Å². The summed E-state index contributed by atoms with van der Waals surface area (Å²) in [5, 5.41) is 0. The number of amides is 1. The molecule has 0 aliphatic heterocycles. The predicted molar refractivity (Wildman–Crippen MR) is 108 cm³/mol. The fraction of sp³-hybridized carbons (Fsp3) is 0.381. The first-order valence-corrected chi connectivity index (χ1v) is 10.6. The first-order chi connectivity index (χ1) is 13.1. The molecule has 0 heterocycles. The van der Waals surface area contributed by atoms with Crippen molar-refractivity contribution in [2.24, 2.45) is 5.92 Å². The predicted octanol–water partition coefficient (Wildman–Crippen LogP) is 3.17. The summed E-state index contributed by atoms with van der Waals surface area (Å²) < 4.78 is 30.8. The second-order valence-electron chi connectivity index (χ2n) is 7.52. The van der Waals surface area contributed by atoms with E-state index in [1.807, 2.05) is 30.3 Å². The highest BCUT2D eigenvalue weighted by atomic mass is 32.2. The Balaban J connectivity index is 2.22. The van der Waals surface area contributed by atoms with Gasteiger partial charge in [0.15, 0.2) is 9.84 Å². The molecular weight excluding hydrogens is 378 g/mol. The molecule has 0 bridgehead atoms. The molecule has 2 aromatic carbocycles. The average Bonchev–Trinajstić information content (AvgIpc) is 2.65. The van der Waals surface area contributed by atoms with Crippen LogP contribution in [0, 0.1) is 5.92 Å². The van der Waals surface area contributed by atoms with Crippen LogP contribution in [0.2, 0.25) is 0 Å². The molecule has 152 valence electrons. The molecule has 1 unspecified atom stereocenters. The average molecular weight is 406 g/mol. The lowest BCUT2D eigenvalue weighted by Gasteiger charge is -2.22. The Morgan fingerprint density at radius 3 is 2.18 bits per heavy atom. The summed E-state index contributed by atoms with van der Waals surface area (Å²) >= 11 is 0. The quantitative estimate of drug-likeness (QED) is 0.682. The van der Waals surface area contributed by atoms with E-state index >= 15 is 0 Å². The Hall–Kier alpha value is -2.38. The van der Waals surface area contributed by atoms with Crippen LogP contribution in [0.3, 0.4) is 0 Å². The Bertz CT molecular complexity index is 871. The Labute approximate surface area is 166 Å². The molecule has 0 aliphatic rings. The Morgan fingerprint density at radius 1 is 1.04 bits per heavy atom. The lowest BCUT2D eigenvalue weighted by molar-refractivity contribution is -0.149. The zero-order valence-electron chi connectivity index (χ0n) is 16.6. The number of methoxy groups -OCH3 is 1. The number of benzene rings is 2. The number of nitrogens with one attached hydrogen (secondary N) is 1. The van der Waals surface area contributed by atoms with Crippen molar-refractivity contribution in [2.75, 3.05) is 12.9 Å². The second-order valence-corrected chi connectivity index (χ2v) is 9.56. The van der Waals surface area contributed by atoms with Crippen molar-refractivity contribution in [3.05, 3.63) is 60.2 Å². The summed E-state index contributed by atoms with van der Waals surface area (Å²) in [6, 6.07) is 15.4. The number of sulfone groups is 1. The van der Waals surface area contributed by atoms with Gasteiger partial charge in [0, 0.05) is 0 Å². The minimum absolute atomic E-state index is 0.149. The van der Waals surface area contributed by atoms with E-state index in [2.05, 4.69) is 5.48 Å². The van der Waals surface area contributed by atoms with Gasteiger partial charge in [-0.15, -0.1) is 0 Å². The molecule has 1 amide bonds. The van der Waals surface area contributed by atoms with E-state index in [1.54, 1.807) is 32.9 Å². The van der Waals surface area contributed by atoms with Crippen LogP contribution in [0.15, 0.2) is 59.5 Å². The fourth-order valence-corrected chi connectivity index (χ4v) is 4.10. The maximum Gasteiger partial charge on any atom is 0.248 e. The first kappa shape index (κ1) is 21.9. The van der Waals surface area contributed by atoms with Crippen LogP contribution in [0.5, 0.6) is 5.75 Å². The van der Waals surface area contributed by atoms with Gasteiger partial charge in [0.2, 0.25) is 5.91 Å². The number of hydrogen-bond donors (Lipinski definition) is 1. The molecule has 1 N–H and O–H groups in total. The van der Waals surface area contributed by atoms with Crippen LogP contribution in [0.1, 0.15) is 26.3 Å². The number of rotatable bonds is 8. The van der Waals surface area contributed by atoms with Crippen molar-refractivity contribution in [2.45, 2.75) is 37.7 Å². The van der Waals surface area contributed by atoms with Crippen LogP contribution in [-0.2, 0) is 25.9 Å². The largest absolute Gasteiger partial charge is 0.497 e. The molecule has 2 aromatic rings. The third-order valence-electron chi connectivity index (χ3n) is 3.99. The van der Waals surface area contributed by atoms with Crippen molar-refractivity contribution in [3.8, 4) is 5.75 Å². The van der Waals surface area contributed by atoms with Gasteiger partial charge < -0.3 is 4.74 Å². The van der Waals surface area contributed by atoms with E-state index < -0.39 is 27.3 Å². The van der Waals surface area contributed by atoms with Crippen LogP contribution in [0.4, 0.5) is 0 Å². The number of hydroxylamine groups is 1. The van der Waals surface area contributed by atoms with Gasteiger partial charge in [-0.25, -0.2) is 13.9 Å². The lowest BCUT2D eigenvalue weighted by atomic mass is 10.0. The number of ether oxygens (including phenoxy) is 1. The smallest absolute Gasteiger partial charge is 0.248 e. The molecule has 0 aliphatic carbocycles. The van der Waals surface area contributed by atoms with Gasteiger partial charge in [-0.3, -0.25) is 9.63 Å². The molecule has 2 rings (SSSR count). The van der Waals surface area contributed by atoms with E-state index in [0.717, 1.165) is 5.56 Å². The number of carbonyl (C=O) groups excluding carboxylic acids is 1. The van der Waals surface area contributed by atoms with E-state index in [9.17, 15) is 13.2 Å². The summed E-state index contributed by atoms with van der Waals surface area (Å²) in [5.74, 6) is -1.02. The SMILES string of the molecule is COc1ccc(S(=O)(=O)CC(Cc2ccccc2)C(=O)NOC(C)(C)C)cc1. The highest BCUT2D eigenvalue weighted by Gasteiger charge is 2.28. The van der Waals surface area contributed by atoms with E-state index in [1.165, 1.54) is 19.2 Å². The van der Waals surface area contributed by atoms with Gasteiger partial charge >= 0.3 is 0 Å². The lowest BCUT2D eigenvalue weighted by Crippen LogP contribution is -2.40. The van der Waals surface area contributed by atoms with Gasteiger partial charge in [-0.2, -0.15) is 0 Å². The third-order valence-corrected chi connectivity index (χ3v) is 5.82. The second kappa shape index (κ2) is 9.21. The van der Waals surface area contributed by atoms with Gasteiger partial charge in [0.05, 0.1) is 29.3 Å². The van der Waals surface area contributed by atoms with E-state index in [-0.39, 0.29) is 17.1 Å². The zero-order chi connectivity index (χ0) is 20.8. The van der Waals surface area contributed by atoms with E-state index in [0.29, 0.717) is 5.75 Å². The summed E-state index contributed by atoms with van der Waals surface area (Å²) in [5.41, 5.74) is 2.71. The molecule has 28 heavy (non-hydrogen) atoms. The molecular formula is C21H27NO5S. The van der Waals surface area contributed by atoms with Crippen LogP contribution >= 0.6 is 0 Å². The summed E-state index contributed by atoms with van der Waals surface area (Å²) in [6.45, 7) is 5.40. The first-order valence-electron chi connectivity index (χ1n) is 8.99. The van der Waals surface area contributed by atoms with Crippen molar-refractivity contribution < 1.29 is 22.8 Å². The van der Waals surface area contributed by atoms with Crippen LogP contribution < -0.4 is 10.2 Å². The molecule has 7 heteroatoms. The third kappa shape index (κ3) is 6.65. The highest BCUT2D eigenvalue weighted by Crippen LogP contribution is 2.21. The van der Waals surface area contributed by atoms with Gasteiger partial charge in [0.1, 0.15) is 5.75 Å². The molecule has 6 nitrogen and oxygen atoms in total. The van der Waals surface area contributed by atoms with Crippen LogP contribution in [-0.4, -0.2) is 32.8 Å². The molecule has 1 atom stereocenters. The van der Waals surface area contributed by atoms with Crippen molar-refractivity contribution in [3.63, 3.8) is 0 Å². The van der Waals surface area contributed by atoms with E-state index in [4.69, 9.17) is 9.57 Å². The van der Waals surface area contributed by atoms with Crippen molar-refractivity contribution in [1.82, 2.24) is 5.48 Å². The number of hydrogen-bond acceptors (Lipinski definition) is 5.